The molecule has 2 aromatic heterocycles. The van der Waals surface area contributed by atoms with E-state index in [4.69, 9.17) is 14.7 Å². The number of hydrogen-bond acceptors (Lipinski definition) is 8. The number of rotatable bonds is 7. The summed E-state index contributed by atoms with van der Waals surface area (Å²) in [6.45, 7) is 5.70. The Morgan fingerprint density at radius 2 is 2.06 bits per heavy atom. The van der Waals surface area contributed by atoms with E-state index in [1.165, 1.54) is 18.8 Å². The number of hydrogen-bond donors (Lipinski definition) is 3. The highest BCUT2D eigenvalue weighted by atomic mass is 16.5. The monoisotopic (exact) mass is 421 g/mol. The normalized spacial score (nSPS) is 14.8. The Morgan fingerprint density at radius 3 is 2.74 bits per heavy atom. The number of methoxy groups -OCH3 is 1. The molecule has 0 aliphatic carbocycles. The molecule has 3 heterocycles. The molecule has 1 saturated heterocycles. The molecule has 0 spiro atoms. The molecule has 1 aliphatic heterocycles. The Kier molecular flexibility index (Phi) is 7.79. The predicted octanol–water partition coefficient (Wildman–Crippen LogP) is 3.65. The molecule has 162 valence electrons. The van der Waals surface area contributed by atoms with Crippen molar-refractivity contribution in [3.8, 4) is 28.8 Å². The van der Waals surface area contributed by atoms with Crippen LogP contribution in [0.4, 0.5) is 11.6 Å². The van der Waals surface area contributed by atoms with Crippen molar-refractivity contribution in [1.82, 2.24) is 25.5 Å². The molecule has 1 fully saturated rings. The Bertz CT molecular complexity index is 1010. The minimum atomic E-state index is 0.258. The molecule has 9 nitrogen and oxygen atoms in total. The van der Waals surface area contributed by atoms with Gasteiger partial charge in [0.2, 0.25) is 0 Å². The Hall–Kier alpha value is -3.64. The fraction of sp³-hybridized carbons (Fsp3) is 0.364. The van der Waals surface area contributed by atoms with Crippen LogP contribution in [-0.4, -0.2) is 46.5 Å². The van der Waals surface area contributed by atoms with E-state index < -0.39 is 0 Å². The molecule has 0 saturated carbocycles. The first-order chi connectivity index (χ1) is 15.2. The fourth-order valence-corrected chi connectivity index (χ4v) is 3.18. The van der Waals surface area contributed by atoms with Gasteiger partial charge < -0.3 is 20.1 Å². The second kappa shape index (κ2) is 10.9. The zero-order valence-electron chi connectivity index (χ0n) is 18.0. The maximum absolute atomic E-state index is 8.79. The summed E-state index contributed by atoms with van der Waals surface area (Å²) in [6, 6.07) is 9.93. The van der Waals surface area contributed by atoms with Gasteiger partial charge in [-0.3, -0.25) is 5.10 Å². The van der Waals surface area contributed by atoms with Crippen molar-refractivity contribution in [2.75, 3.05) is 25.6 Å². The number of benzene rings is 1. The Labute approximate surface area is 181 Å². The van der Waals surface area contributed by atoms with E-state index in [0.29, 0.717) is 30.0 Å². The SMILES string of the molecule is CC.COc1cc(OCC2CCCN2)ccc1-c1cc(Nc2cnc(C#N)cn2)n[nH]1. The third-order valence-corrected chi connectivity index (χ3v) is 4.68. The molecule has 0 bridgehead atoms. The number of nitrogens with zero attached hydrogens (tertiary/aromatic N) is 4. The number of nitriles is 1. The Balaban J connectivity index is 0.00000132. The van der Waals surface area contributed by atoms with Crippen LogP contribution in [0.1, 0.15) is 32.4 Å². The van der Waals surface area contributed by atoms with Crippen LogP contribution < -0.4 is 20.1 Å². The smallest absolute Gasteiger partial charge is 0.158 e. The standard InChI is InChI=1S/C20H21N7O2.C2H6/c1-28-18-7-15(29-12-13-3-2-6-22-13)4-5-16(18)17-8-19(27-26-17)25-20-11-23-14(9-21)10-24-20;1-2/h4-5,7-8,10-11,13,22H,2-3,6,12H2,1H3,(H2,24,25,26,27);1-2H3. The lowest BCUT2D eigenvalue weighted by Crippen LogP contribution is -2.28. The molecule has 1 aliphatic rings. The zero-order valence-corrected chi connectivity index (χ0v) is 18.0. The maximum atomic E-state index is 8.79. The van der Waals surface area contributed by atoms with Gasteiger partial charge in [0.05, 0.1) is 25.2 Å². The molecule has 3 N–H and O–H groups in total. The van der Waals surface area contributed by atoms with E-state index in [0.717, 1.165) is 30.0 Å². The fourth-order valence-electron chi connectivity index (χ4n) is 3.18. The van der Waals surface area contributed by atoms with Crippen molar-refractivity contribution >= 4 is 11.6 Å². The van der Waals surface area contributed by atoms with Crippen LogP contribution in [0.3, 0.4) is 0 Å². The molecule has 0 amide bonds. The maximum Gasteiger partial charge on any atom is 0.158 e. The summed E-state index contributed by atoms with van der Waals surface area (Å²) in [5.41, 5.74) is 1.91. The van der Waals surface area contributed by atoms with Crippen LogP contribution >= 0.6 is 0 Å². The lowest BCUT2D eigenvalue weighted by molar-refractivity contribution is 0.276. The van der Waals surface area contributed by atoms with Crippen LogP contribution in [0, 0.1) is 11.3 Å². The quantitative estimate of drug-likeness (QED) is 0.529. The van der Waals surface area contributed by atoms with E-state index in [1.54, 1.807) is 7.11 Å². The highest BCUT2D eigenvalue weighted by molar-refractivity contribution is 5.71. The number of aromatic nitrogens is 4. The number of anilines is 2. The highest BCUT2D eigenvalue weighted by Gasteiger charge is 2.16. The summed E-state index contributed by atoms with van der Waals surface area (Å²) in [6.07, 6.45) is 5.22. The van der Waals surface area contributed by atoms with Gasteiger partial charge in [-0.05, 0) is 31.5 Å². The molecule has 3 aromatic rings. The first kappa shape index (κ1) is 22.1. The summed E-state index contributed by atoms with van der Waals surface area (Å²) in [7, 11) is 1.63. The number of H-pyrrole nitrogens is 1. The Morgan fingerprint density at radius 1 is 1.19 bits per heavy atom. The summed E-state index contributed by atoms with van der Waals surface area (Å²) in [5.74, 6) is 2.53. The third-order valence-electron chi connectivity index (χ3n) is 4.68. The highest BCUT2D eigenvalue weighted by Crippen LogP contribution is 2.33. The van der Waals surface area contributed by atoms with Crippen molar-refractivity contribution in [3.05, 3.63) is 42.4 Å². The van der Waals surface area contributed by atoms with Crippen LogP contribution in [0.15, 0.2) is 36.7 Å². The molecule has 9 heteroatoms. The van der Waals surface area contributed by atoms with E-state index in [-0.39, 0.29) is 5.69 Å². The van der Waals surface area contributed by atoms with Gasteiger partial charge in [0.1, 0.15) is 30.0 Å². The zero-order chi connectivity index (χ0) is 22.1. The minimum Gasteiger partial charge on any atom is -0.496 e. The molecule has 1 aromatic carbocycles. The molecular formula is C22H27N7O2. The second-order valence-corrected chi connectivity index (χ2v) is 6.66. The topological polar surface area (TPSA) is 121 Å². The van der Waals surface area contributed by atoms with Crippen LogP contribution in [-0.2, 0) is 0 Å². The second-order valence-electron chi connectivity index (χ2n) is 6.66. The average molecular weight is 422 g/mol. The van der Waals surface area contributed by atoms with E-state index in [1.807, 2.05) is 44.2 Å². The van der Waals surface area contributed by atoms with Crippen molar-refractivity contribution in [2.45, 2.75) is 32.7 Å². The number of ether oxygens (including phenoxy) is 2. The van der Waals surface area contributed by atoms with Crippen molar-refractivity contribution in [2.24, 2.45) is 0 Å². The van der Waals surface area contributed by atoms with Gasteiger partial charge in [-0.1, -0.05) is 13.8 Å². The summed E-state index contributed by atoms with van der Waals surface area (Å²) in [5, 5.41) is 22.5. The minimum absolute atomic E-state index is 0.258. The van der Waals surface area contributed by atoms with E-state index in [9.17, 15) is 0 Å². The number of nitrogens with one attached hydrogen (secondary N) is 3. The van der Waals surface area contributed by atoms with Gasteiger partial charge >= 0.3 is 0 Å². The van der Waals surface area contributed by atoms with Crippen LogP contribution in [0.5, 0.6) is 11.5 Å². The molecule has 31 heavy (non-hydrogen) atoms. The van der Waals surface area contributed by atoms with Gasteiger partial charge in [-0.2, -0.15) is 10.4 Å². The lowest BCUT2D eigenvalue weighted by atomic mass is 10.1. The summed E-state index contributed by atoms with van der Waals surface area (Å²) < 4.78 is 11.5. The van der Waals surface area contributed by atoms with Crippen molar-refractivity contribution < 1.29 is 9.47 Å². The first-order valence-electron chi connectivity index (χ1n) is 10.3. The number of aromatic amines is 1. The lowest BCUT2D eigenvalue weighted by Gasteiger charge is -2.14. The molecular weight excluding hydrogens is 394 g/mol. The summed E-state index contributed by atoms with van der Waals surface area (Å²) >= 11 is 0. The predicted molar refractivity (Wildman–Crippen MR) is 118 cm³/mol. The van der Waals surface area contributed by atoms with E-state index >= 15 is 0 Å². The van der Waals surface area contributed by atoms with Gasteiger partial charge in [-0.15, -0.1) is 0 Å². The van der Waals surface area contributed by atoms with Gasteiger partial charge in [0, 0.05) is 23.7 Å². The molecule has 0 radical (unpaired) electrons. The van der Waals surface area contributed by atoms with Crippen molar-refractivity contribution in [3.63, 3.8) is 0 Å². The van der Waals surface area contributed by atoms with Crippen LogP contribution in [0.2, 0.25) is 0 Å². The average Bonchev–Trinajstić information content (AvgIpc) is 3.52. The first-order valence-corrected chi connectivity index (χ1v) is 10.3. The molecule has 4 rings (SSSR count). The van der Waals surface area contributed by atoms with Gasteiger partial charge in [-0.25, -0.2) is 9.97 Å². The van der Waals surface area contributed by atoms with Crippen molar-refractivity contribution in [1.29, 1.82) is 5.26 Å². The van der Waals surface area contributed by atoms with Crippen LogP contribution in [0.25, 0.3) is 11.3 Å². The van der Waals surface area contributed by atoms with Gasteiger partial charge in [0.15, 0.2) is 11.5 Å². The van der Waals surface area contributed by atoms with E-state index in [2.05, 4.69) is 30.8 Å². The summed E-state index contributed by atoms with van der Waals surface area (Å²) in [4.78, 5) is 8.11. The largest absolute Gasteiger partial charge is 0.496 e. The molecule has 1 unspecified atom stereocenters. The molecule has 1 atom stereocenters. The third kappa shape index (κ3) is 5.71. The van der Waals surface area contributed by atoms with Gasteiger partial charge in [0.25, 0.3) is 0 Å².